The van der Waals surface area contributed by atoms with Crippen molar-refractivity contribution in [1.29, 1.82) is 0 Å². The van der Waals surface area contributed by atoms with Crippen molar-refractivity contribution in [3.05, 3.63) is 11.6 Å². The monoisotopic (exact) mass is 167 g/mol. The van der Waals surface area contributed by atoms with E-state index in [-0.39, 0.29) is 5.78 Å². The van der Waals surface area contributed by atoms with Crippen LogP contribution in [0.1, 0.15) is 34.1 Å². The molecule has 0 amide bonds. The number of rotatable bonds is 4. The van der Waals surface area contributed by atoms with Gasteiger partial charge in [-0.15, -0.1) is 0 Å². The average Bonchev–Trinajstić information content (AvgIpc) is 2.11. The summed E-state index contributed by atoms with van der Waals surface area (Å²) in [4.78, 5) is 15.6. The first kappa shape index (κ1) is 11.1. The van der Waals surface area contributed by atoms with Crippen LogP contribution >= 0.6 is 0 Å². The van der Waals surface area contributed by atoms with Crippen molar-refractivity contribution in [2.75, 3.05) is 6.54 Å². The minimum Gasteiger partial charge on any atom is -0.288 e. The first-order valence-electron chi connectivity index (χ1n) is 4.38. The van der Waals surface area contributed by atoms with Crippen molar-refractivity contribution in [3.8, 4) is 0 Å². The van der Waals surface area contributed by atoms with Gasteiger partial charge in [0.15, 0.2) is 0 Å². The molecule has 2 heteroatoms. The molecule has 0 fully saturated rings. The van der Waals surface area contributed by atoms with Crippen LogP contribution in [0.15, 0.2) is 16.6 Å². The maximum atomic E-state index is 11.5. The maximum Gasteiger partial charge on any atom is 0.202 e. The third kappa shape index (κ3) is 2.99. The number of hydrogen-bond donors (Lipinski definition) is 0. The maximum absolute atomic E-state index is 11.5. The number of allylic oxidation sites excluding steroid dienone is 2. The number of nitrogens with zero attached hydrogens (tertiary/aromatic N) is 1. The number of carbonyl (C=O) groups excluding carboxylic acids is 1. The molecule has 68 valence electrons. The van der Waals surface area contributed by atoms with E-state index in [4.69, 9.17) is 0 Å². The summed E-state index contributed by atoms with van der Waals surface area (Å²) in [6.07, 6.45) is 2.54. The summed E-state index contributed by atoms with van der Waals surface area (Å²) < 4.78 is 0. The van der Waals surface area contributed by atoms with Gasteiger partial charge >= 0.3 is 0 Å². The molecule has 0 bridgehead atoms. The van der Waals surface area contributed by atoms with E-state index in [0.717, 1.165) is 12.0 Å². The van der Waals surface area contributed by atoms with Crippen molar-refractivity contribution in [2.45, 2.75) is 34.1 Å². The summed E-state index contributed by atoms with van der Waals surface area (Å²) in [7, 11) is 0. The highest BCUT2D eigenvalue weighted by Crippen LogP contribution is 1.99. The number of aliphatic imine (C=N–C) groups is 1. The lowest BCUT2D eigenvalue weighted by atomic mass is 10.1. The van der Waals surface area contributed by atoms with Crippen molar-refractivity contribution in [1.82, 2.24) is 0 Å². The Hall–Kier alpha value is -0.920. The molecule has 0 heterocycles. The number of carbonyl (C=O) groups is 1. The second-order valence-corrected chi connectivity index (χ2v) is 2.58. The molecule has 0 saturated heterocycles. The van der Waals surface area contributed by atoms with Gasteiger partial charge in [-0.2, -0.15) is 0 Å². The lowest BCUT2D eigenvalue weighted by Gasteiger charge is -2.01. The number of ketones is 1. The van der Waals surface area contributed by atoms with E-state index in [1.165, 1.54) is 0 Å². The number of Topliss-reactive ketones (excluding diaryl/α,β-unsaturated/α-hetero) is 1. The normalized spacial score (nSPS) is 13.3. The fourth-order valence-electron chi connectivity index (χ4n) is 0.894. The minimum absolute atomic E-state index is 0.0850. The molecule has 0 atom stereocenters. The highest BCUT2D eigenvalue weighted by molar-refractivity contribution is 6.45. The Morgan fingerprint density at radius 3 is 2.33 bits per heavy atom. The van der Waals surface area contributed by atoms with Gasteiger partial charge in [-0.1, -0.05) is 13.0 Å². The van der Waals surface area contributed by atoms with E-state index in [9.17, 15) is 4.79 Å². The summed E-state index contributed by atoms with van der Waals surface area (Å²) in [6.45, 7) is 8.27. The van der Waals surface area contributed by atoms with Gasteiger partial charge in [0.1, 0.15) is 0 Å². The Morgan fingerprint density at radius 2 is 2.00 bits per heavy atom. The molecule has 0 aromatic heterocycles. The van der Waals surface area contributed by atoms with Crippen molar-refractivity contribution < 1.29 is 4.79 Å². The second kappa shape index (κ2) is 5.70. The lowest BCUT2D eigenvalue weighted by molar-refractivity contribution is -0.109. The zero-order chi connectivity index (χ0) is 9.56. The van der Waals surface area contributed by atoms with Crippen LogP contribution in [0.2, 0.25) is 0 Å². The van der Waals surface area contributed by atoms with Gasteiger partial charge in [-0.05, 0) is 32.8 Å². The molecule has 0 aliphatic rings. The highest BCUT2D eigenvalue weighted by atomic mass is 16.1. The van der Waals surface area contributed by atoms with E-state index in [1.807, 2.05) is 33.8 Å². The van der Waals surface area contributed by atoms with E-state index in [2.05, 4.69) is 4.99 Å². The Labute approximate surface area is 74.4 Å². The van der Waals surface area contributed by atoms with Crippen LogP contribution in [0, 0.1) is 0 Å². The molecule has 12 heavy (non-hydrogen) atoms. The van der Waals surface area contributed by atoms with Gasteiger partial charge in [0.05, 0.1) is 5.71 Å². The Bertz CT molecular complexity index is 214. The minimum atomic E-state index is 0.0850. The third-order valence-electron chi connectivity index (χ3n) is 1.74. The van der Waals surface area contributed by atoms with Gasteiger partial charge in [0.25, 0.3) is 0 Å². The van der Waals surface area contributed by atoms with Gasteiger partial charge in [-0.25, -0.2) is 0 Å². The first-order chi connectivity index (χ1) is 5.67. The Balaban J connectivity index is 4.54. The highest BCUT2D eigenvalue weighted by Gasteiger charge is 2.09. The molecule has 0 rings (SSSR count). The molecule has 0 saturated carbocycles. The molecule has 0 aliphatic carbocycles. The molecular weight excluding hydrogens is 150 g/mol. The molecule has 0 N–H and O–H groups in total. The van der Waals surface area contributed by atoms with Crippen molar-refractivity contribution in [3.63, 3.8) is 0 Å². The lowest BCUT2D eigenvalue weighted by Crippen LogP contribution is -2.14. The zero-order valence-corrected chi connectivity index (χ0v) is 8.35. The fraction of sp³-hybridized carbons (Fsp3) is 0.600. The Kier molecular flexibility index (Phi) is 5.26. The van der Waals surface area contributed by atoms with Crippen molar-refractivity contribution in [2.24, 2.45) is 4.99 Å². The summed E-state index contributed by atoms with van der Waals surface area (Å²) in [5, 5.41) is 0. The first-order valence-corrected chi connectivity index (χ1v) is 4.38. The van der Waals surface area contributed by atoms with Crippen LogP contribution in [0.5, 0.6) is 0 Å². The largest absolute Gasteiger partial charge is 0.288 e. The smallest absolute Gasteiger partial charge is 0.202 e. The summed E-state index contributed by atoms with van der Waals surface area (Å²) >= 11 is 0. The summed E-state index contributed by atoms with van der Waals surface area (Å²) in [5.74, 6) is 0.0850. The van der Waals surface area contributed by atoms with Crippen LogP contribution in [-0.2, 0) is 4.79 Å². The quantitative estimate of drug-likeness (QED) is 0.467. The number of hydrogen-bond acceptors (Lipinski definition) is 2. The molecular formula is C10H17NO. The standard InChI is InChI=1S/C10H17NO/c1-5-8(4)10(12)9(6-2)11-7-3/h5H,6-7H2,1-4H3/b8-5-,11-9?. The molecule has 0 radical (unpaired) electrons. The second-order valence-electron chi connectivity index (χ2n) is 2.58. The average molecular weight is 167 g/mol. The van der Waals surface area contributed by atoms with Crippen LogP contribution in [0.25, 0.3) is 0 Å². The van der Waals surface area contributed by atoms with E-state index in [0.29, 0.717) is 12.3 Å². The molecule has 0 unspecified atom stereocenters. The van der Waals surface area contributed by atoms with Gasteiger partial charge in [0, 0.05) is 6.54 Å². The van der Waals surface area contributed by atoms with Crippen LogP contribution in [0.3, 0.4) is 0 Å². The predicted octanol–water partition coefficient (Wildman–Crippen LogP) is 2.39. The molecule has 0 aromatic rings. The van der Waals surface area contributed by atoms with E-state index >= 15 is 0 Å². The van der Waals surface area contributed by atoms with Gasteiger partial charge in [-0.3, -0.25) is 9.79 Å². The van der Waals surface area contributed by atoms with E-state index in [1.54, 1.807) is 0 Å². The van der Waals surface area contributed by atoms with Gasteiger partial charge in [0.2, 0.25) is 5.78 Å². The molecule has 0 aliphatic heterocycles. The summed E-state index contributed by atoms with van der Waals surface area (Å²) in [5.41, 5.74) is 1.47. The molecule has 2 nitrogen and oxygen atoms in total. The Morgan fingerprint density at radius 1 is 1.42 bits per heavy atom. The molecule has 0 spiro atoms. The molecule has 0 aromatic carbocycles. The topological polar surface area (TPSA) is 29.4 Å². The fourth-order valence-corrected chi connectivity index (χ4v) is 0.894. The predicted molar refractivity (Wildman–Crippen MR) is 52.7 cm³/mol. The van der Waals surface area contributed by atoms with Crippen LogP contribution in [0.4, 0.5) is 0 Å². The van der Waals surface area contributed by atoms with Gasteiger partial charge < -0.3 is 0 Å². The zero-order valence-electron chi connectivity index (χ0n) is 8.35. The SMILES string of the molecule is C/C=C(/C)C(=O)C(CC)=NCC. The van der Waals surface area contributed by atoms with Crippen molar-refractivity contribution >= 4 is 11.5 Å². The van der Waals surface area contributed by atoms with Crippen LogP contribution in [-0.4, -0.2) is 18.0 Å². The summed E-state index contributed by atoms with van der Waals surface area (Å²) in [6, 6.07) is 0. The van der Waals surface area contributed by atoms with Crippen LogP contribution < -0.4 is 0 Å². The van der Waals surface area contributed by atoms with E-state index < -0.39 is 0 Å². The third-order valence-corrected chi connectivity index (χ3v) is 1.74.